The Morgan fingerprint density at radius 3 is 2.30 bits per heavy atom. The summed E-state index contributed by atoms with van der Waals surface area (Å²) in [6.07, 6.45) is -3.03. The first kappa shape index (κ1) is 14.0. The minimum Gasteiger partial charge on any atom is -0.457 e. The summed E-state index contributed by atoms with van der Waals surface area (Å²) in [4.78, 5) is 10.9. The average molecular weight is 273 g/mol. The largest absolute Gasteiger partial charge is 0.457 e. The summed E-state index contributed by atoms with van der Waals surface area (Å²) in [6, 6.07) is 15.6. The standard InChI is InChI=1S/C15H15NO4/c16-15(19)14(18)13(17)10-5-4-8-12(9-10)20-11-6-2-1-3-7-11/h1-9,13-14,17-18H,(H2,16,19). The quantitative estimate of drug-likeness (QED) is 0.766. The minimum atomic E-state index is -1.65. The highest BCUT2D eigenvalue weighted by molar-refractivity contribution is 5.79. The lowest BCUT2D eigenvalue weighted by molar-refractivity contribution is -0.131. The number of ether oxygens (including phenoxy) is 1. The van der Waals surface area contributed by atoms with E-state index in [-0.39, 0.29) is 0 Å². The van der Waals surface area contributed by atoms with Crippen molar-refractivity contribution in [2.75, 3.05) is 0 Å². The Morgan fingerprint density at radius 2 is 1.65 bits per heavy atom. The van der Waals surface area contributed by atoms with Gasteiger partial charge in [-0.05, 0) is 29.8 Å². The second kappa shape index (κ2) is 6.18. The molecule has 0 aromatic heterocycles. The van der Waals surface area contributed by atoms with Crippen LogP contribution in [0.2, 0.25) is 0 Å². The number of aliphatic hydroxyl groups excluding tert-OH is 2. The zero-order chi connectivity index (χ0) is 14.5. The van der Waals surface area contributed by atoms with Gasteiger partial charge in [0.05, 0.1) is 0 Å². The van der Waals surface area contributed by atoms with Crippen LogP contribution in [0.3, 0.4) is 0 Å². The van der Waals surface area contributed by atoms with Crippen molar-refractivity contribution in [2.24, 2.45) is 5.73 Å². The van der Waals surface area contributed by atoms with E-state index in [9.17, 15) is 15.0 Å². The molecule has 2 aromatic rings. The van der Waals surface area contributed by atoms with Crippen molar-refractivity contribution in [1.29, 1.82) is 0 Å². The second-order valence-corrected chi connectivity index (χ2v) is 4.28. The molecule has 0 heterocycles. The summed E-state index contributed by atoms with van der Waals surface area (Å²) in [5, 5.41) is 19.3. The van der Waals surface area contributed by atoms with Crippen LogP contribution in [0, 0.1) is 0 Å². The third kappa shape index (κ3) is 3.34. The molecule has 0 aliphatic rings. The van der Waals surface area contributed by atoms with Gasteiger partial charge in [-0.1, -0.05) is 30.3 Å². The van der Waals surface area contributed by atoms with E-state index in [1.165, 1.54) is 0 Å². The lowest BCUT2D eigenvalue weighted by atomic mass is 10.0. The average Bonchev–Trinajstić information content (AvgIpc) is 2.47. The van der Waals surface area contributed by atoms with Crippen LogP contribution in [0.15, 0.2) is 54.6 Å². The molecule has 0 saturated heterocycles. The van der Waals surface area contributed by atoms with Crippen molar-refractivity contribution in [3.8, 4) is 11.5 Å². The van der Waals surface area contributed by atoms with Crippen LogP contribution >= 0.6 is 0 Å². The van der Waals surface area contributed by atoms with Gasteiger partial charge in [0.25, 0.3) is 0 Å². The molecule has 5 nitrogen and oxygen atoms in total. The molecule has 0 aliphatic heterocycles. The van der Waals surface area contributed by atoms with Crippen LogP contribution in [0.4, 0.5) is 0 Å². The van der Waals surface area contributed by atoms with Crippen molar-refractivity contribution in [3.05, 3.63) is 60.2 Å². The molecule has 104 valence electrons. The Balaban J connectivity index is 2.18. The van der Waals surface area contributed by atoms with Gasteiger partial charge in [-0.2, -0.15) is 0 Å². The predicted molar refractivity (Wildman–Crippen MR) is 73.1 cm³/mol. The molecule has 0 fully saturated rings. The molecule has 5 heteroatoms. The lowest BCUT2D eigenvalue weighted by Gasteiger charge is -2.16. The maximum Gasteiger partial charge on any atom is 0.249 e. The number of carbonyl (C=O) groups excluding carboxylic acids is 1. The zero-order valence-electron chi connectivity index (χ0n) is 10.6. The molecule has 0 saturated carbocycles. The van der Waals surface area contributed by atoms with Gasteiger partial charge < -0.3 is 20.7 Å². The SMILES string of the molecule is NC(=O)C(O)C(O)c1cccc(Oc2ccccc2)c1. The molecule has 2 atom stereocenters. The molecule has 0 bridgehead atoms. The fraction of sp³-hybridized carbons (Fsp3) is 0.133. The topological polar surface area (TPSA) is 92.8 Å². The molecule has 0 spiro atoms. The fourth-order valence-electron chi connectivity index (χ4n) is 1.72. The first-order valence-electron chi connectivity index (χ1n) is 6.06. The number of para-hydroxylation sites is 1. The van der Waals surface area contributed by atoms with Gasteiger partial charge in [-0.3, -0.25) is 4.79 Å². The fourth-order valence-corrected chi connectivity index (χ4v) is 1.72. The van der Waals surface area contributed by atoms with Crippen LogP contribution < -0.4 is 10.5 Å². The Hall–Kier alpha value is -2.37. The molecule has 0 radical (unpaired) electrons. The summed E-state index contributed by atoms with van der Waals surface area (Å²) < 4.78 is 5.60. The van der Waals surface area contributed by atoms with E-state index >= 15 is 0 Å². The number of hydrogen-bond donors (Lipinski definition) is 3. The van der Waals surface area contributed by atoms with Crippen LogP contribution in [0.1, 0.15) is 11.7 Å². The number of nitrogens with two attached hydrogens (primary N) is 1. The molecule has 2 rings (SSSR count). The first-order valence-corrected chi connectivity index (χ1v) is 6.06. The number of rotatable bonds is 5. The number of benzene rings is 2. The summed E-state index contributed by atoms with van der Waals surface area (Å²) in [5.41, 5.74) is 5.31. The lowest BCUT2D eigenvalue weighted by Crippen LogP contribution is -2.33. The van der Waals surface area contributed by atoms with E-state index in [4.69, 9.17) is 10.5 Å². The maximum absolute atomic E-state index is 10.9. The molecular weight excluding hydrogens is 258 g/mol. The predicted octanol–water partition coefficient (Wildman–Crippen LogP) is 1.36. The van der Waals surface area contributed by atoms with Crippen molar-refractivity contribution < 1.29 is 19.7 Å². The van der Waals surface area contributed by atoms with Gasteiger partial charge in [0.2, 0.25) is 5.91 Å². The van der Waals surface area contributed by atoms with Gasteiger partial charge in [-0.15, -0.1) is 0 Å². The Labute approximate surface area is 116 Å². The van der Waals surface area contributed by atoms with Crippen LogP contribution in [-0.4, -0.2) is 22.2 Å². The van der Waals surface area contributed by atoms with Crippen LogP contribution in [0.5, 0.6) is 11.5 Å². The van der Waals surface area contributed by atoms with E-state index < -0.39 is 18.1 Å². The summed E-state index contributed by atoms with van der Waals surface area (Å²) in [7, 11) is 0. The number of aliphatic hydroxyl groups is 2. The normalized spacial score (nSPS) is 13.5. The van der Waals surface area contributed by atoms with E-state index in [0.29, 0.717) is 17.1 Å². The van der Waals surface area contributed by atoms with E-state index in [1.54, 1.807) is 36.4 Å². The van der Waals surface area contributed by atoms with E-state index in [1.807, 2.05) is 18.2 Å². The minimum absolute atomic E-state index is 0.352. The third-order valence-electron chi connectivity index (χ3n) is 2.77. The zero-order valence-corrected chi connectivity index (χ0v) is 10.6. The van der Waals surface area contributed by atoms with Gasteiger partial charge >= 0.3 is 0 Å². The van der Waals surface area contributed by atoms with E-state index in [0.717, 1.165) is 0 Å². The van der Waals surface area contributed by atoms with Gasteiger partial charge in [-0.25, -0.2) is 0 Å². The molecule has 0 aliphatic carbocycles. The highest BCUT2D eigenvalue weighted by atomic mass is 16.5. The molecule has 20 heavy (non-hydrogen) atoms. The molecule has 2 aromatic carbocycles. The first-order chi connectivity index (χ1) is 9.58. The second-order valence-electron chi connectivity index (χ2n) is 4.28. The Kier molecular flexibility index (Phi) is 4.34. The monoisotopic (exact) mass is 273 g/mol. The van der Waals surface area contributed by atoms with Crippen molar-refractivity contribution in [3.63, 3.8) is 0 Å². The van der Waals surface area contributed by atoms with Gasteiger partial charge in [0, 0.05) is 0 Å². The molecule has 1 amide bonds. The highest BCUT2D eigenvalue weighted by Crippen LogP contribution is 2.25. The maximum atomic E-state index is 10.9. The Morgan fingerprint density at radius 1 is 1.00 bits per heavy atom. The summed E-state index contributed by atoms with van der Waals surface area (Å²) in [6.45, 7) is 0. The van der Waals surface area contributed by atoms with E-state index in [2.05, 4.69) is 0 Å². The van der Waals surface area contributed by atoms with Crippen molar-refractivity contribution in [2.45, 2.75) is 12.2 Å². The van der Waals surface area contributed by atoms with Gasteiger partial charge in [0.1, 0.15) is 17.6 Å². The molecule has 4 N–H and O–H groups in total. The van der Waals surface area contributed by atoms with Crippen molar-refractivity contribution in [1.82, 2.24) is 0 Å². The van der Waals surface area contributed by atoms with Gasteiger partial charge in [0.15, 0.2) is 6.10 Å². The highest BCUT2D eigenvalue weighted by Gasteiger charge is 2.23. The summed E-state index contributed by atoms with van der Waals surface area (Å²) >= 11 is 0. The number of carbonyl (C=O) groups is 1. The smallest absolute Gasteiger partial charge is 0.249 e. The summed E-state index contributed by atoms with van der Waals surface area (Å²) in [5.74, 6) is 0.158. The van der Waals surface area contributed by atoms with Crippen molar-refractivity contribution >= 4 is 5.91 Å². The molecular formula is C15H15NO4. The third-order valence-corrected chi connectivity index (χ3v) is 2.77. The number of amides is 1. The van der Waals surface area contributed by atoms with Crippen LogP contribution in [-0.2, 0) is 4.79 Å². The number of hydrogen-bond acceptors (Lipinski definition) is 4. The number of primary amides is 1. The molecule has 2 unspecified atom stereocenters. The Bertz CT molecular complexity index is 585. The van der Waals surface area contributed by atoms with Crippen LogP contribution in [0.25, 0.3) is 0 Å².